The molecule has 0 saturated heterocycles. The van der Waals surface area contributed by atoms with E-state index in [-0.39, 0.29) is 5.84 Å². The van der Waals surface area contributed by atoms with Crippen molar-refractivity contribution in [2.75, 3.05) is 18.5 Å². The predicted molar refractivity (Wildman–Crippen MR) is 57.7 cm³/mol. The molecule has 1 aromatic carbocycles. The minimum atomic E-state index is 0.257. The first-order chi connectivity index (χ1) is 6.74. The fraction of sp³-hybridized carbons (Fsp3) is 0.300. The minimum Gasteiger partial charge on any atom is -0.409 e. The van der Waals surface area contributed by atoms with Crippen LogP contribution in [0.15, 0.2) is 35.5 Å². The molecule has 0 fully saturated rings. The summed E-state index contributed by atoms with van der Waals surface area (Å²) in [6.45, 7) is 0.736. The number of hydrogen-bond donors (Lipinski definition) is 2. The SMILES string of the molecule is CN(CC/C(N)=N/O)c1ccccc1. The Balaban J connectivity index is 2.47. The van der Waals surface area contributed by atoms with E-state index in [0.717, 1.165) is 12.2 Å². The van der Waals surface area contributed by atoms with Crippen molar-refractivity contribution in [2.24, 2.45) is 10.9 Å². The van der Waals surface area contributed by atoms with Gasteiger partial charge in [-0.2, -0.15) is 0 Å². The predicted octanol–water partition coefficient (Wildman–Crippen LogP) is 1.26. The monoisotopic (exact) mass is 193 g/mol. The van der Waals surface area contributed by atoms with Crippen LogP contribution in [0, 0.1) is 0 Å². The summed E-state index contributed by atoms with van der Waals surface area (Å²) >= 11 is 0. The van der Waals surface area contributed by atoms with Crippen molar-refractivity contribution in [3.63, 3.8) is 0 Å². The maximum absolute atomic E-state index is 8.36. The Labute approximate surface area is 83.6 Å². The van der Waals surface area contributed by atoms with Crippen molar-refractivity contribution in [2.45, 2.75) is 6.42 Å². The van der Waals surface area contributed by atoms with Gasteiger partial charge in [0.05, 0.1) is 0 Å². The Morgan fingerprint density at radius 2 is 2.07 bits per heavy atom. The molecule has 4 heteroatoms. The minimum absolute atomic E-state index is 0.257. The van der Waals surface area contributed by atoms with E-state index < -0.39 is 0 Å². The summed E-state index contributed by atoms with van der Waals surface area (Å²) in [4.78, 5) is 2.05. The summed E-state index contributed by atoms with van der Waals surface area (Å²) in [7, 11) is 1.97. The number of nitrogens with two attached hydrogens (primary N) is 1. The van der Waals surface area contributed by atoms with E-state index in [1.807, 2.05) is 37.4 Å². The summed E-state index contributed by atoms with van der Waals surface area (Å²) < 4.78 is 0. The third-order valence-electron chi connectivity index (χ3n) is 2.03. The van der Waals surface area contributed by atoms with Crippen LogP contribution in [0.1, 0.15) is 6.42 Å². The second-order valence-corrected chi connectivity index (χ2v) is 3.10. The van der Waals surface area contributed by atoms with Crippen LogP contribution in [-0.2, 0) is 0 Å². The maximum atomic E-state index is 8.36. The molecule has 1 rings (SSSR count). The van der Waals surface area contributed by atoms with Gasteiger partial charge in [0.2, 0.25) is 0 Å². The largest absolute Gasteiger partial charge is 0.409 e. The zero-order valence-electron chi connectivity index (χ0n) is 8.22. The van der Waals surface area contributed by atoms with Crippen LogP contribution in [0.2, 0.25) is 0 Å². The second kappa shape index (κ2) is 5.11. The topological polar surface area (TPSA) is 61.8 Å². The van der Waals surface area contributed by atoms with Gasteiger partial charge in [0.15, 0.2) is 0 Å². The molecule has 4 nitrogen and oxygen atoms in total. The van der Waals surface area contributed by atoms with E-state index in [4.69, 9.17) is 10.9 Å². The number of rotatable bonds is 4. The van der Waals surface area contributed by atoms with Gasteiger partial charge in [0.1, 0.15) is 5.84 Å². The van der Waals surface area contributed by atoms with E-state index in [0.29, 0.717) is 6.42 Å². The third-order valence-corrected chi connectivity index (χ3v) is 2.03. The van der Waals surface area contributed by atoms with Crippen LogP contribution < -0.4 is 10.6 Å². The Morgan fingerprint density at radius 3 is 2.64 bits per heavy atom. The standard InChI is InChI=1S/C10H15N3O/c1-13(8-7-10(11)12-14)9-5-3-2-4-6-9/h2-6,14H,7-8H2,1H3,(H2,11,12). The normalized spacial score (nSPS) is 11.4. The molecule has 0 aromatic heterocycles. The molecule has 0 saturated carbocycles. The number of nitrogens with zero attached hydrogens (tertiary/aromatic N) is 2. The molecule has 0 bridgehead atoms. The molecule has 0 atom stereocenters. The number of hydrogen-bond acceptors (Lipinski definition) is 3. The quantitative estimate of drug-likeness (QED) is 0.327. The highest BCUT2D eigenvalue weighted by Gasteiger charge is 2.00. The summed E-state index contributed by atoms with van der Waals surface area (Å²) in [5.74, 6) is 0.257. The summed E-state index contributed by atoms with van der Waals surface area (Å²) in [6, 6.07) is 9.98. The first-order valence-electron chi connectivity index (χ1n) is 4.46. The van der Waals surface area contributed by atoms with Crippen molar-refractivity contribution in [3.05, 3.63) is 30.3 Å². The van der Waals surface area contributed by atoms with Gasteiger partial charge in [-0.3, -0.25) is 0 Å². The van der Waals surface area contributed by atoms with Crippen LogP contribution in [0.4, 0.5) is 5.69 Å². The number of amidine groups is 1. The molecule has 0 aliphatic rings. The number of benzene rings is 1. The van der Waals surface area contributed by atoms with Crippen LogP contribution >= 0.6 is 0 Å². The van der Waals surface area contributed by atoms with Crippen molar-refractivity contribution in [3.8, 4) is 0 Å². The first-order valence-corrected chi connectivity index (χ1v) is 4.46. The molecule has 0 amide bonds. The molecule has 0 radical (unpaired) electrons. The van der Waals surface area contributed by atoms with E-state index in [1.54, 1.807) is 0 Å². The molecule has 0 aliphatic heterocycles. The smallest absolute Gasteiger partial charge is 0.140 e. The summed E-state index contributed by atoms with van der Waals surface area (Å²) in [5.41, 5.74) is 6.50. The van der Waals surface area contributed by atoms with Gasteiger partial charge in [-0.15, -0.1) is 0 Å². The maximum Gasteiger partial charge on any atom is 0.140 e. The average molecular weight is 193 g/mol. The number of para-hydroxylation sites is 1. The lowest BCUT2D eigenvalue weighted by atomic mass is 10.3. The third kappa shape index (κ3) is 2.97. The van der Waals surface area contributed by atoms with Crippen molar-refractivity contribution in [1.82, 2.24) is 0 Å². The molecule has 1 aromatic rings. The van der Waals surface area contributed by atoms with Crippen LogP contribution in [0.25, 0.3) is 0 Å². The molecule has 0 heterocycles. The molecule has 3 N–H and O–H groups in total. The van der Waals surface area contributed by atoms with Crippen molar-refractivity contribution in [1.29, 1.82) is 0 Å². The van der Waals surface area contributed by atoms with Gasteiger partial charge in [0.25, 0.3) is 0 Å². The number of oxime groups is 1. The van der Waals surface area contributed by atoms with Crippen molar-refractivity contribution < 1.29 is 5.21 Å². The zero-order chi connectivity index (χ0) is 10.4. The molecular weight excluding hydrogens is 178 g/mol. The van der Waals surface area contributed by atoms with E-state index >= 15 is 0 Å². The first kappa shape index (κ1) is 10.4. The van der Waals surface area contributed by atoms with Gasteiger partial charge in [-0.1, -0.05) is 23.4 Å². The van der Waals surface area contributed by atoms with Gasteiger partial charge in [-0.25, -0.2) is 0 Å². The van der Waals surface area contributed by atoms with E-state index in [9.17, 15) is 0 Å². The Morgan fingerprint density at radius 1 is 1.43 bits per heavy atom. The van der Waals surface area contributed by atoms with Crippen LogP contribution in [0.3, 0.4) is 0 Å². The second-order valence-electron chi connectivity index (χ2n) is 3.10. The van der Waals surface area contributed by atoms with Gasteiger partial charge in [-0.05, 0) is 12.1 Å². The van der Waals surface area contributed by atoms with E-state index in [2.05, 4.69) is 10.1 Å². The van der Waals surface area contributed by atoms with Crippen molar-refractivity contribution >= 4 is 11.5 Å². The highest BCUT2D eigenvalue weighted by Crippen LogP contribution is 2.10. The lowest BCUT2D eigenvalue weighted by Crippen LogP contribution is -2.24. The highest BCUT2D eigenvalue weighted by molar-refractivity contribution is 5.80. The molecule has 76 valence electrons. The van der Waals surface area contributed by atoms with Gasteiger partial charge in [0, 0.05) is 25.7 Å². The van der Waals surface area contributed by atoms with Crippen LogP contribution in [0.5, 0.6) is 0 Å². The van der Waals surface area contributed by atoms with Crippen LogP contribution in [-0.4, -0.2) is 24.6 Å². The summed E-state index contributed by atoms with van der Waals surface area (Å²) in [5, 5.41) is 11.3. The lowest BCUT2D eigenvalue weighted by molar-refractivity contribution is 0.317. The Kier molecular flexibility index (Phi) is 3.79. The number of anilines is 1. The van der Waals surface area contributed by atoms with E-state index in [1.165, 1.54) is 0 Å². The van der Waals surface area contributed by atoms with Gasteiger partial charge < -0.3 is 15.8 Å². The Bertz CT molecular complexity index is 297. The molecule has 0 spiro atoms. The highest BCUT2D eigenvalue weighted by atomic mass is 16.4. The molecule has 0 aliphatic carbocycles. The fourth-order valence-electron chi connectivity index (χ4n) is 1.14. The molecule has 14 heavy (non-hydrogen) atoms. The zero-order valence-corrected chi connectivity index (χ0v) is 8.22. The van der Waals surface area contributed by atoms with Gasteiger partial charge >= 0.3 is 0 Å². The fourth-order valence-corrected chi connectivity index (χ4v) is 1.14. The molecular formula is C10H15N3O. The average Bonchev–Trinajstić information content (AvgIpc) is 2.26. The summed E-state index contributed by atoms with van der Waals surface area (Å²) in [6.07, 6.45) is 0.557. The lowest BCUT2D eigenvalue weighted by Gasteiger charge is -2.18. The Hall–Kier alpha value is -1.71. The molecule has 0 unspecified atom stereocenters.